The maximum Gasteiger partial charge on any atom is 0.219 e. The summed E-state index contributed by atoms with van der Waals surface area (Å²) in [6, 6.07) is 0. The number of rotatable bonds is 0. The highest BCUT2D eigenvalue weighted by molar-refractivity contribution is 5.73. The van der Waals surface area contributed by atoms with Gasteiger partial charge in [-0.2, -0.15) is 0 Å². The van der Waals surface area contributed by atoms with E-state index in [9.17, 15) is 4.79 Å². The summed E-state index contributed by atoms with van der Waals surface area (Å²) >= 11 is 0. The van der Waals surface area contributed by atoms with Gasteiger partial charge in [0, 0.05) is 20.0 Å². The van der Waals surface area contributed by atoms with E-state index < -0.39 is 0 Å². The molecule has 12 heavy (non-hydrogen) atoms. The summed E-state index contributed by atoms with van der Waals surface area (Å²) in [6.45, 7) is 9.59. The first-order valence-corrected chi connectivity index (χ1v) is 4.54. The third-order valence-corrected chi connectivity index (χ3v) is 2.68. The highest BCUT2D eigenvalue weighted by Gasteiger charge is 2.17. The Balaban J connectivity index is 2.55. The van der Waals surface area contributed by atoms with Crippen molar-refractivity contribution in [2.45, 2.75) is 26.7 Å². The van der Waals surface area contributed by atoms with Gasteiger partial charge >= 0.3 is 0 Å². The van der Waals surface area contributed by atoms with Crippen LogP contribution in [0.2, 0.25) is 0 Å². The molecule has 0 saturated carbocycles. The summed E-state index contributed by atoms with van der Waals surface area (Å²) in [5.41, 5.74) is 1.29. The van der Waals surface area contributed by atoms with Gasteiger partial charge < -0.3 is 4.90 Å². The summed E-state index contributed by atoms with van der Waals surface area (Å²) in [5, 5.41) is 0. The van der Waals surface area contributed by atoms with Crippen molar-refractivity contribution >= 4 is 5.91 Å². The first-order valence-electron chi connectivity index (χ1n) is 4.54. The van der Waals surface area contributed by atoms with E-state index in [1.165, 1.54) is 5.57 Å². The normalized spacial score (nSPS) is 25.3. The first kappa shape index (κ1) is 9.30. The summed E-state index contributed by atoms with van der Waals surface area (Å²) in [4.78, 5) is 13.0. The van der Waals surface area contributed by atoms with Crippen molar-refractivity contribution in [3.05, 3.63) is 12.2 Å². The second-order valence-electron chi connectivity index (χ2n) is 3.60. The van der Waals surface area contributed by atoms with Gasteiger partial charge in [0.05, 0.1) is 0 Å². The lowest BCUT2D eigenvalue weighted by atomic mass is 9.98. The molecule has 1 aliphatic heterocycles. The second-order valence-corrected chi connectivity index (χ2v) is 3.60. The molecule has 1 unspecified atom stereocenters. The largest absolute Gasteiger partial charge is 0.343 e. The Hall–Kier alpha value is -0.790. The number of likely N-dealkylation sites (tertiary alicyclic amines) is 1. The average Bonchev–Trinajstić information content (AvgIpc) is 2.16. The molecule has 2 heteroatoms. The lowest BCUT2D eigenvalue weighted by Crippen LogP contribution is -2.29. The SMILES string of the molecule is C=C1CCN(C(C)=O)CCC1C. The van der Waals surface area contributed by atoms with Gasteiger partial charge in [0.15, 0.2) is 0 Å². The second kappa shape index (κ2) is 3.74. The van der Waals surface area contributed by atoms with Crippen molar-refractivity contribution in [3.63, 3.8) is 0 Å². The third-order valence-electron chi connectivity index (χ3n) is 2.68. The maximum absolute atomic E-state index is 11.1. The van der Waals surface area contributed by atoms with E-state index in [4.69, 9.17) is 0 Å². The van der Waals surface area contributed by atoms with E-state index in [1.54, 1.807) is 6.92 Å². The molecule has 0 aliphatic carbocycles. The van der Waals surface area contributed by atoms with Gasteiger partial charge in [-0.15, -0.1) is 0 Å². The van der Waals surface area contributed by atoms with Gasteiger partial charge in [0.2, 0.25) is 5.91 Å². The van der Waals surface area contributed by atoms with E-state index in [2.05, 4.69) is 13.5 Å². The summed E-state index contributed by atoms with van der Waals surface area (Å²) in [5.74, 6) is 0.770. The third kappa shape index (κ3) is 2.10. The molecule has 0 aromatic heterocycles. The van der Waals surface area contributed by atoms with Crippen LogP contribution in [0.15, 0.2) is 12.2 Å². The highest BCUT2D eigenvalue weighted by atomic mass is 16.2. The smallest absolute Gasteiger partial charge is 0.219 e. The van der Waals surface area contributed by atoms with Gasteiger partial charge in [-0.05, 0) is 18.8 Å². The van der Waals surface area contributed by atoms with Crippen LogP contribution in [0.1, 0.15) is 26.7 Å². The van der Waals surface area contributed by atoms with E-state index in [0.29, 0.717) is 5.92 Å². The number of hydrogen-bond donors (Lipinski definition) is 0. The number of carbonyl (C=O) groups excluding carboxylic acids is 1. The zero-order chi connectivity index (χ0) is 9.14. The van der Waals surface area contributed by atoms with Crippen LogP contribution in [-0.2, 0) is 4.79 Å². The van der Waals surface area contributed by atoms with Crippen LogP contribution in [-0.4, -0.2) is 23.9 Å². The average molecular weight is 167 g/mol. The van der Waals surface area contributed by atoms with Crippen molar-refractivity contribution in [1.29, 1.82) is 0 Å². The molecule has 1 fully saturated rings. The van der Waals surface area contributed by atoms with E-state index in [1.807, 2.05) is 4.90 Å². The Bertz CT molecular complexity index is 198. The predicted molar refractivity (Wildman–Crippen MR) is 49.8 cm³/mol. The molecule has 1 heterocycles. The zero-order valence-corrected chi connectivity index (χ0v) is 7.97. The Labute approximate surface area is 74.2 Å². The van der Waals surface area contributed by atoms with Gasteiger partial charge in [0.25, 0.3) is 0 Å². The summed E-state index contributed by atoms with van der Waals surface area (Å²) < 4.78 is 0. The standard InChI is InChI=1S/C10H17NO/c1-8-4-6-11(10(3)12)7-5-9(8)2/h9H,1,4-7H2,2-3H3. The fraction of sp³-hybridized carbons (Fsp3) is 0.700. The van der Waals surface area contributed by atoms with Crippen LogP contribution < -0.4 is 0 Å². The fourth-order valence-electron chi connectivity index (χ4n) is 1.51. The van der Waals surface area contributed by atoms with E-state index in [0.717, 1.165) is 25.9 Å². The maximum atomic E-state index is 11.1. The number of carbonyl (C=O) groups is 1. The number of hydrogen-bond acceptors (Lipinski definition) is 1. The minimum atomic E-state index is 0.192. The topological polar surface area (TPSA) is 20.3 Å². The van der Waals surface area contributed by atoms with Gasteiger partial charge in [-0.3, -0.25) is 4.79 Å². The molecule has 0 aromatic carbocycles. The molecular formula is C10H17NO. The molecule has 1 saturated heterocycles. The fourth-order valence-corrected chi connectivity index (χ4v) is 1.51. The van der Waals surface area contributed by atoms with Gasteiger partial charge in [0.1, 0.15) is 0 Å². The molecule has 0 spiro atoms. The lowest BCUT2D eigenvalue weighted by molar-refractivity contribution is -0.128. The zero-order valence-electron chi connectivity index (χ0n) is 7.97. The Morgan fingerprint density at radius 2 is 2.25 bits per heavy atom. The predicted octanol–water partition coefficient (Wildman–Crippen LogP) is 1.82. The molecule has 0 aromatic rings. The molecule has 2 nitrogen and oxygen atoms in total. The molecule has 1 aliphatic rings. The van der Waals surface area contributed by atoms with Crippen LogP contribution in [0.3, 0.4) is 0 Å². The van der Waals surface area contributed by atoms with Crippen LogP contribution in [0.25, 0.3) is 0 Å². The molecule has 0 N–H and O–H groups in total. The number of nitrogens with zero attached hydrogens (tertiary/aromatic N) is 1. The van der Waals surface area contributed by atoms with Crippen molar-refractivity contribution in [2.75, 3.05) is 13.1 Å². The van der Waals surface area contributed by atoms with Gasteiger partial charge in [-0.1, -0.05) is 19.1 Å². The van der Waals surface area contributed by atoms with Crippen molar-refractivity contribution in [3.8, 4) is 0 Å². The molecular weight excluding hydrogens is 150 g/mol. The van der Waals surface area contributed by atoms with Gasteiger partial charge in [-0.25, -0.2) is 0 Å². The molecule has 0 radical (unpaired) electrons. The molecule has 1 atom stereocenters. The molecule has 0 bridgehead atoms. The number of amides is 1. The van der Waals surface area contributed by atoms with E-state index in [-0.39, 0.29) is 5.91 Å². The minimum Gasteiger partial charge on any atom is -0.343 e. The monoisotopic (exact) mass is 167 g/mol. The van der Waals surface area contributed by atoms with Crippen LogP contribution in [0.5, 0.6) is 0 Å². The summed E-state index contributed by atoms with van der Waals surface area (Å²) in [6.07, 6.45) is 2.04. The highest BCUT2D eigenvalue weighted by Crippen LogP contribution is 2.20. The Morgan fingerprint density at radius 1 is 1.58 bits per heavy atom. The van der Waals surface area contributed by atoms with Crippen LogP contribution in [0.4, 0.5) is 0 Å². The Kier molecular flexibility index (Phi) is 2.90. The lowest BCUT2D eigenvalue weighted by Gasteiger charge is -2.17. The van der Waals surface area contributed by atoms with Crippen LogP contribution >= 0.6 is 0 Å². The molecule has 1 rings (SSSR count). The Morgan fingerprint density at radius 3 is 2.83 bits per heavy atom. The van der Waals surface area contributed by atoms with Crippen molar-refractivity contribution < 1.29 is 4.79 Å². The van der Waals surface area contributed by atoms with Crippen molar-refractivity contribution in [2.24, 2.45) is 5.92 Å². The van der Waals surface area contributed by atoms with Crippen LogP contribution in [0, 0.1) is 5.92 Å². The quantitative estimate of drug-likeness (QED) is 0.504. The first-order chi connectivity index (χ1) is 5.61. The van der Waals surface area contributed by atoms with E-state index >= 15 is 0 Å². The molecule has 1 amide bonds. The summed E-state index contributed by atoms with van der Waals surface area (Å²) in [7, 11) is 0. The molecule has 68 valence electrons. The van der Waals surface area contributed by atoms with Crippen molar-refractivity contribution in [1.82, 2.24) is 4.90 Å². The minimum absolute atomic E-state index is 0.192.